The quantitative estimate of drug-likeness (QED) is 0.415. The van der Waals surface area contributed by atoms with Crippen LogP contribution >= 0.6 is 0 Å². The molecule has 0 radical (unpaired) electrons. The topological polar surface area (TPSA) is 82.1 Å². The number of rotatable bonds is 9. The monoisotopic (exact) mass is 494 g/mol. The molecule has 0 aromatic heterocycles. The van der Waals surface area contributed by atoms with E-state index in [4.69, 9.17) is 14.2 Å². The minimum atomic E-state index is -0.652. The third kappa shape index (κ3) is 7.44. The molecule has 3 fully saturated rings. The molecule has 0 saturated heterocycles. The van der Waals surface area contributed by atoms with Crippen molar-refractivity contribution >= 4 is 11.9 Å². The molecule has 0 amide bonds. The number of esters is 2. The highest BCUT2D eigenvalue weighted by molar-refractivity contribution is 5.82. The van der Waals surface area contributed by atoms with Crippen LogP contribution in [0, 0.1) is 35.0 Å². The van der Waals surface area contributed by atoms with Crippen molar-refractivity contribution in [3.8, 4) is 0 Å². The number of aliphatic hydroxyl groups is 1. The van der Waals surface area contributed by atoms with Crippen LogP contribution in [0.15, 0.2) is 0 Å². The fourth-order valence-electron chi connectivity index (χ4n) is 6.88. The predicted octanol–water partition coefficient (Wildman–Crippen LogP) is 5.69. The molecule has 3 rings (SSSR count). The van der Waals surface area contributed by atoms with Crippen LogP contribution in [-0.2, 0) is 23.8 Å². The van der Waals surface area contributed by atoms with Crippen molar-refractivity contribution < 1.29 is 28.9 Å². The van der Waals surface area contributed by atoms with Crippen LogP contribution in [-0.4, -0.2) is 49.1 Å². The van der Waals surface area contributed by atoms with Gasteiger partial charge in [-0.3, -0.25) is 9.59 Å². The molecule has 0 aromatic carbocycles. The van der Waals surface area contributed by atoms with Crippen LogP contribution in [0.3, 0.4) is 0 Å². The summed E-state index contributed by atoms with van der Waals surface area (Å²) in [6.45, 7) is 8.86. The number of carbonyl (C=O) groups is 2. The van der Waals surface area contributed by atoms with E-state index in [9.17, 15) is 14.7 Å². The number of ether oxygens (including phenoxy) is 3. The zero-order valence-corrected chi connectivity index (χ0v) is 22.8. The summed E-state index contributed by atoms with van der Waals surface area (Å²) in [7, 11) is 1.83. The van der Waals surface area contributed by atoms with E-state index in [-0.39, 0.29) is 24.6 Å². The van der Waals surface area contributed by atoms with E-state index in [0.29, 0.717) is 42.6 Å². The Morgan fingerprint density at radius 1 is 0.857 bits per heavy atom. The summed E-state index contributed by atoms with van der Waals surface area (Å²) in [5.74, 6) is 0.303. The molecular weight excluding hydrogens is 444 g/mol. The second-order valence-electron chi connectivity index (χ2n) is 12.3. The highest BCUT2D eigenvalue weighted by Gasteiger charge is 2.43. The zero-order valence-electron chi connectivity index (χ0n) is 22.8. The van der Waals surface area contributed by atoms with Crippen LogP contribution < -0.4 is 0 Å². The van der Waals surface area contributed by atoms with Gasteiger partial charge in [0, 0.05) is 7.11 Å². The minimum Gasteiger partial charge on any atom is -0.463 e. The van der Waals surface area contributed by atoms with Gasteiger partial charge in [0.2, 0.25) is 0 Å². The van der Waals surface area contributed by atoms with Gasteiger partial charge in [-0.05, 0) is 100 Å². The first-order valence-corrected chi connectivity index (χ1v) is 14.2. The molecule has 0 spiro atoms. The minimum absolute atomic E-state index is 0.00390. The van der Waals surface area contributed by atoms with Crippen molar-refractivity contribution in [2.45, 2.75) is 123 Å². The summed E-state index contributed by atoms with van der Waals surface area (Å²) in [5.41, 5.74) is 0.296. The smallest absolute Gasteiger partial charge is 0.310 e. The van der Waals surface area contributed by atoms with E-state index >= 15 is 0 Å². The maximum Gasteiger partial charge on any atom is 0.310 e. The van der Waals surface area contributed by atoms with Crippen molar-refractivity contribution in [3.05, 3.63) is 0 Å². The average molecular weight is 495 g/mol. The van der Waals surface area contributed by atoms with Gasteiger partial charge >= 0.3 is 11.9 Å². The standard InChI is InChI=1S/C29H50O6/c1-6-22(30)18-34-27(31)25-16-7-19(2)17-26(25)28(32)35-24-14-10-21(11-15-24)29(3,4)20-8-12-23(33-5)13-9-20/h19-26,30H,6-18H2,1-5H3. The number of carbonyl (C=O) groups excluding carboxylic acids is 2. The van der Waals surface area contributed by atoms with E-state index in [1.807, 2.05) is 14.0 Å². The normalized spacial score (nSPS) is 35.2. The summed E-state index contributed by atoms with van der Waals surface area (Å²) in [4.78, 5) is 25.9. The maximum absolute atomic E-state index is 13.2. The van der Waals surface area contributed by atoms with Crippen LogP contribution in [0.2, 0.25) is 0 Å². The van der Waals surface area contributed by atoms with Crippen molar-refractivity contribution in [3.63, 3.8) is 0 Å². The molecule has 1 N–H and O–H groups in total. The fourth-order valence-corrected chi connectivity index (χ4v) is 6.88. The van der Waals surface area contributed by atoms with E-state index in [1.54, 1.807) is 0 Å². The van der Waals surface area contributed by atoms with E-state index < -0.39 is 17.9 Å². The number of hydrogen-bond acceptors (Lipinski definition) is 6. The average Bonchev–Trinajstić information content (AvgIpc) is 2.87. The molecule has 3 saturated carbocycles. The van der Waals surface area contributed by atoms with Crippen LogP contribution in [0.25, 0.3) is 0 Å². The lowest BCUT2D eigenvalue weighted by molar-refractivity contribution is -0.169. The van der Waals surface area contributed by atoms with Gasteiger partial charge in [0.1, 0.15) is 12.7 Å². The van der Waals surface area contributed by atoms with Gasteiger partial charge in [0.15, 0.2) is 0 Å². The second kappa shape index (κ2) is 12.9. The Balaban J connectivity index is 1.51. The summed E-state index contributed by atoms with van der Waals surface area (Å²) in [6, 6.07) is 0. The van der Waals surface area contributed by atoms with Gasteiger partial charge in [-0.1, -0.05) is 27.7 Å². The molecule has 0 aliphatic heterocycles. The first-order chi connectivity index (χ1) is 16.6. The Bertz CT molecular complexity index is 675. The summed E-state index contributed by atoms with van der Waals surface area (Å²) in [5, 5.41) is 9.75. The zero-order chi connectivity index (χ0) is 25.6. The Hall–Kier alpha value is -1.14. The molecule has 4 unspecified atom stereocenters. The highest BCUT2D eigenvalue weighted by atomic mass is 16.6. The SMILES string of the molecule is CCC(O)COC(=O)C1CCC(C)CC1C(=O)OC1CCC(C(C)(C)C2CCC(OC)CC2)CC1. The summed E-state index contributed by atoms with van der Waals surface area (Å²) in [6.07, 6.45) is 11.3. The Morgan fingerprint density at radius 3 is 1.97 bits per heavy atom. The van der Waals surface area contributed by atoms with Crippen LogP contribution in [0.4, 0.5) is 0 Å². The molecule has 3 aliphatic carbocycles. The molecule has 6 nitrogen and oxygen atoms in total. The van der Waals surface area contributed by atoms with Gasteiger partial charge in [-0.25, -0.2) is 0 Å². The van der Waals surface area contributed by atoms with Crippen LogP contribution in [0.5, 0.6) is 0 Å². The second-order valence-corrected chi connectivity index (χ2v) is 12.3. The van der Waals surface area contributed by atoms with Gasteiger partial charge in [0.05, 0.1) is 24.0 Å². The summed E-state index contributed by atoms with van der Waals surface area (Å²) >= 11 is 0. The van der Waals surface area contributed by atoms with E-state index in [0.717, 1.165) is 38.0 Å². The van der Waals surface area contributed by atoms with Crippen molar-refractivity contribution in [1.82, 2.24) is 0 Å². The van der Waals surface area contributed by atoms with Crippen molar-refractivity contribution in [1.29, 1.82) is 0 Å². The number of methoxy groups -OCH3 is 1. The molecular formula is C29H50O6. The van der Waals surface area contributed by atoms with Crippen molar-refractivity contribution in [2.24, 2.45) is 35.0 Å². The van der Waals surface area contributed by atoms with Gasteiger partial charge in [0.25, 0.3) is 0 Å². The summed E-state index contributed by atoms with van der Waals surface area (Å²) < 4.78 is 17.0. The van der Waals surface area contributed by atoms with Gasteiger partial charge in [-0.2, -0.15) is 0 Å². The Kier molecular flexibility index (Phi) is 10.5. The molecule has 202 valence electrons. The maximum atomic E-state index is 13.2. The molecule has 0 aromatic rings. The third-order valence-corrected chi connectivity index (χ3v) is 9.68. The van der Waals surface area contributed by atoms with Gasteiger partial charge in [-0.15, -0.1) is 0 Å². The van der Waals surface area contributed by atoms with E-state index in [1.165, 1.54) is 25.7 Å². The lowest BCUT2D eigenvalue weighted by atomic mass is 9.60. The molecule has 0 heterocycles. The van der Waals surface area contributed by atoms with Crippen LogP contribution in [0.1, 0.15) is 105 Å². The van der Waals surface area contributed by atoms with E-state index in [2.05, 4.69) is 20.8 Å². The third-order valence-electron chi connectivity index (χ3n) is 9.68. The first-order valence-electron chi connectivity index (χ1n) is 14.2. The van der Waals surface area contributed by atoms with Gasteiger partial charge < -0.3 is 19.3 Å². The molecule has 3 aliphatic rings. The Labute approximate surface area is 212 Å². The highest BCUT2D eigenvalue weighted by Crippen LogP contribution is 2.49. The number of aliphatic hydroxyl groups excluding tert-OH is 1. The molecule has 35 heavy (non-hydrogen) atoms. The Morgan fingerprint density at radius 2 is 1.43 bits per heavy atom. The number of hydrogen-bond donors (Lipinski definition) is 1. The molecule has 6 heteroatoms. The largest absolute Gasteiger partial charge is 0.463 e. The molecule has 0 bridgehead atoms. The lowest BCUT2D eigenvalue weighted by Gasteiger charge is -2.46. The predicted molar refractivity (Wildman–Crippen MR) is 136 cm³/mol. The first kappa shape index (κ1) is 28.4. The lowest BCUT2D eigenvalue weighted by Crippen LogP contribution is -2.41. The fraction of sp³-hybridized carbons (Fsp3) is 0.931. The van der Waals surface area contributed by atoms with Crippen molar-refractivity contribution in [2.75, 3.05) is 13.7 Å². The molecule has 4 atom stereocenters.